The van der Waals surface area contributed by atoms with Crippen molar-refractivity contribution in [3.8, 4) is 0 Å². The van der Waals surface area contributed by atoms with Crippen LogP contribution in [0.4, 0.5) is 18.0 Å². The fourth-order valence-electron chi connectivity index (χ4n) is 3.51. The molecule has 0 saturated carbocycles. The number of carbonyl (C=O) groups excluding carboxylic acids is 1. The minimum absolute atomic E-state index is 0.0658. The molecular formula is C23H17ClF3N3O3S. The number of hydrogen-bond donors (Lipinski definition) is 1. The van der Waals surface area contributed by atoms with Crippen molar-refractivity contribution < 1.29 is 26.4 Å². The third-order valence-electron chi connectivity index (χ3n) is 5.20. The number of nitrogens with zero attached hydrogens (tertiary/aromatic N) is 2. The van der Waals surface area contributed by atoms with Crippen LogP contribution in [0, 0.1) is 0 Å². The van der Waals surface area contributed by atoms with Crippen LogP contribution in [0.3, 0.4) is 0 Å². The van der Waals surface area contributed by atoms with E-state index in [4.69, 9.17) is 11.6 Å². The van der Waals surface area contributed by atoms with Gasteiger partial charge in [0.2, 0.25) is 0 Å². The molecule has 0 unspecified atom stereocenters. The number of alkyl halides is 3. The van der Waals surface area contributed by atoms with Gasteiger partial charge in [-0.3, -0.25) is 0 Å². The number of rotatable bonds is 4. The first-order valence-corrected chi connectivity index (χ1v) is 11.8. The standard InChI is InChI=1S/C23H17ClF3N3O3S/c24-18-10-6-16(7-11-18)21-20(15-4-2-1-3-5-15)14-30(28-21)22(31)29-34(32,33)19-12-8-17(9-13-19)23(25,26)27/h1-13,20H,14H2,(H,29,31)/t20-/m0/s1. The molecule has 0 aliphatic carbocycles. The zero-order valence-corrected chi connectivity index (χ0v) is 18.9. The van der Waals surface area contributed by atoms with Crippen LogP contribution < -0.4 is 4.72 Å². The molecule has 1 aliphatic heterocycles. The van der Waals surface area contributed by atoms with E-state index in [0.717, 1.165) is 22.7 Å². The van der Waals surface area contributed by atoms with Crippen molar-refractivity contribution in [3.63, 3.8) is 0 Å². The highest BCUT2D eigenvalue weighted by Gasteiger charge is 2.34. The number of halogens is 4. The van der Waals surface area contributed by atoms with Gasteiger partial charge in [0.05, 0.1) is 22.7 Å². The van der Waals surface area contributed by atoms with E-state index >= 15 is 0 Å². The summed E-state index contributed by atoms with van der Waals surface area (Å²) in [4.78, 5) is 12.3. The number of hydrogen-bond acceptors (Lipinski definition) is 4. The van der Waals surface area contributed by atoms with Crippen molar-refractivity contribution in [3.05, 3.63) is 101 Å². The molecule has 0 spiro atoms. The molecule has 34 heavy (non-hydrogen) atoms. The summed E-state index contributed by atoms with van der Waals surface area (Å²) in [6.45, 7) is 0.0658. The van der Waals surface area contributed by atoms with Crippen LogP contribution in [0.5, 0.6) is 0 Å². The second-order valence-electron chi connectivity index (χ2n) is 7.47. The van der Waals surface area contributed by atoms with Gasteiger partial charge < -0.3 is 0 Å². The maximum atomic E-state index is 12.8. The van der Waals surface area contributed by atoms with Crippen LogP contribution >= 0.6 is 11.6 Å². The Kier molecular flexibility index (Phi) is 6.37. The van der Waals surface area contributed by atoms with Crippen molar-refractivity contribution in [1.82, 2.24) is 9.73 Å². The minimum Gasteiger partial charge on any atom is -0.246 e. The van der Waals surface area contributed by atoms with Gasteiger partial charge in [-0.05, 0) is 47.5 Å². The van der Waals surface area contributed by atoms with Gasteiger partial charge in [-0.2, -0.15) is 18.3 Å². The first-order valence-electron chi connectivity index (χ1n) is 9.95. The molecule has 0 radical (unpaired) electrons. The predicted molar refractivity (Wildman–Crippen MR) is 121 cm³/mol. The maximum absolute atomic E-state index is 12.8. The van der Waals surface area contributed by atoms with E-state index in [2.05, 4.69) is 5.10 Å². The molecule has 1 aliphatic rings. The van der Waals surface area contributed by atoms with Gasteiger partial charge in [-0.15, -0.1) is 0 Å². The zero-order valence-electron chi connectivity index (χ0n) is 17.3. The number of hydrazone groups is 1. The van der Waals surface area contributed by atoms with Gasteiger partial charge in [-0.1, -0.05) is 54.1 Å². The molecule has 3 aromatic rings. The number of carbonyl (C=O) groups is 1. The van der Waals surface area contributed by atoms with E-state index < -0.39 is 32.7 Å². The molecule has 1 heterocycles. The highest BCUT2D eigenvalue weighted by atomic mass is 35.5. The smallest absolute Gasteiger partial charge is 0.246 e. The van der Waals surface area contributed by atoms with Gasteiger partial charge >= 0.3 is 12.2 Å². The number of urea groups is 1. The number of benzene rings is 3. The third-order valence-corrected chi connectivity index (χ3v) is 6.79. The van der Waals surface area contributed by atoms with E-state index in [9.17, 15) is 26.4 Å². The Morgan fingerprint density at radius 3 is 2.18 bits per heavy atom. The molecule has 11 heteroatoms. The Morgan fingerprint density at radius 1 is 0.971 bits per heavy atom. The summed E-state index contributed by atoms with van der Waals surface area (Å²) in [5.41, 5.74) is 1.13. The van der Waals surface area contributed by atoms with Gasteiger partial charge in [0.15, 0.2) is 0 Å². The van der Waals surface area contributed by atoms with Crippen molar-refractivity contribution in [2.75, 3.05) is 6.54 Å². The molecule has 0 bridgehead atoms. The molecule has 176 valence electrons. The molecule has 0 saturated heterocycles. The lowest BCUT2D eigenvalue weighted by atomic mass is 9.91. The van der Waals surface area contributed by atoms with E-state index in [1.165, 1.54) is 0 Å². The fraction of sp³-hybridized carbons (Fsp3) is 0.130. The summed E-state index contributed by atoms with van der Waals surface area (Å²) in [5, 5.41) is 5.86. The first kappa shape index (κ1) is 23.8. The van der Waals surface area contributed by atoms with E-state index in [1.807, 2.05) is 35.1 Å². The molecule has 2 amide bonds. The lowest BCUT2D eigenvalue weighted by Crippen LogP contribution is -2.39. The lowest BCUT2D eigenvalue weighted by Gasteiger charge is -2.16. The van der Waals surface area contributed by atoms with Crippen molar-refractivity contribution >= 4 is 33.4 Å². The minimum atomic E-state index is -4.61. The van der Waals surface area contributed by atoms with Crippen LogP contribution in [-0.4, -0.2) is 31.7 Å². The monoisotopic (exact) mass is 507 g/mol. The average molecular weight is 508 g/mol. The molecule has 1 atom stereocenters. The van der Waals surface area contributed by atoms with E-state index in [1.54, 1.807) is 24.3 Å². The SMILES string of the molecule is O=C(NS(=O)(=O)c1ccc(C(F)(F)F)cc1)N1C[C@@H](c2ccccc2)C(c2ccc(Cl)cc2)=N1. The Hall–Kier alpha value is -3.37. The molecule has 4 rings (SSSR count). The normalized spacial score (nSPS) is 16.3. The summed E-state index contributed by atoms with van der Waals surface area (Å²) < 4.78 is 65.3. The Bertz CT molecular complexity index is 1330. The Morgan fingerprint density at radius 2 is 1.59 bits per heavy atom. The topological polar surface area (TPSA) is 78.8 Å². The Labute approximate surface area is 198 Å². The molecule has 0 aromatic heterocycles. The molecule has 0 fully saturated rings. The second-order valence-corrected chi connectivity index (χ2v) is 9.59. The molecular weight excluding hydrogens is 491 g/mol. The van der Waals surface area contributed by atoms with E-state index in [-0.39, 0.29) is 12.5 Å². The van der Waals surface area contributed by atoms with Crippen LogP contribution in [0.1, 0.15) is 22.6 Å². The highest BCUT2D eigenvalue weighted by molar-refractivity contribution is 7.90. The Balaban J connectivity index is 1.59. The van der Waals surface area contributed by atoms with Crippen LogP contribution in [0.2, 0.25) is 5.02 Å². The number of nitrogens with one attached hydrogen (secondary N) is 1. The summed E-state index contributed by atoms with van der Waals surface area (Å²) in [6, 6.07) is 18.0. The average Bonchev–Trinajstić information content (AvgIpc) is 3.25. The maximum Gasteiger partial charge on any atom is 0.416 e. The van der Waals surface area contributed by atoms with Gasteiger partial charge in [-0.25, -0.2) is 22.9 Å². The lowest BCUT2D eigenvalue weighted by molar-refractivity contribution is -0.137. The quantitative estimate of drug-likeness (QED) is 0.523. The van der Waals surface area contributed by atoms with E-state index in [0.29, 0.717) is 28.4 Å². The molecule has 6 nitrogen and oxygen atoms in total. The number of sulfonamides is 1. The van der Waals surface area contributed by atoms with Crippen molar-refractivity contribution in [2.24, 2.45) is 5.10 Å². The highest BCUT2D eigenvalue weighted by Crippen LogP contribution is 2.31. The van der Waals surface area contributed by atoms with Gasteiger partial charge in [0, 0.05) is 10.9 Å². The molecule has 1 N–H and O–H groups in total. The van der Waals surface area contributed by atoms with Crippen LogP contribution in [0.15, 0.2) is 88.9 Å². The van der Waals surface area contributed by atoms with Gasteiger partial charge in [0.1, 0.15) is 0 Å². The third kappa shape index (κ3) is 5.07. The largest absolute Gasteiger partial charge is 0.416 e. The zero-order chi connectivity index (χ0) is 24.5. The van der Waals surface area contributed by atoms with Crippen LogP contribution in [0.25, 0.3) is 0 Å². The first-order chi connectivity index (χ1) is 16.0. The summed E-state index contributed by atoms with van der Waals surface area (Å²) in [6.07, 6.45) is -4.61. The summed E-state index contributed by atoms with van der Waals surface area (Å²) >= 11 is 5.97. The second kappa shape index (κ2) is 9.11. The summed E-state index contributed by atoms with van der Waals surface area (Å²) in [7, 11) is -4.42. The predicted octanol–water partition coefficient (Wildman–Crippen LogP) is 5.26. The molecule has 3 aromatic carbocycles. The fourth-order valence-corrected chi connectivity index (χ4v) is 4.58. The van der Waals surface area contributed by atoms with Gasteiger partial charge in [0.25, 0.3) is 10.0 Å². The summed E-state index contributed by atoms with van der Waals surface area (Å²) in [5.74, 6) is -0.332. The van der Waals surface area contributed by atoms with Crippen LogP contribution in [-0.2, 0) is 16.2 Å². The van der Waals surface area contributed by atoms with Crippen molar-refractivity contribution in [1.29, 1.82) is 0 Å². The van der Waals surface area contributed by atoms with Crippen molar-refractivity contribution in [2.45, 2.75) is 17.0 Å². The number of amides is 2.